The molecule has 27 heavy (non-hydrogen) atoms. The van der Waals surface area contributed by atoms with Gasteiger partial charge in [0.2, 0.25) is 6.41 Å². The average Bonchev–Trinajstić information content (AvgIpc) is 2.62. The minimum absolute atomic E-state index is 0.0283. The first-order valence-corrected chi connectivity index (χ1v) is 8.43. The fourth-order valence-electron chi connectivity index (χ4n) is 2.78. The molecule has 2 aromatic heterocycles. The first-order valence-electron chi connectivity index (χ1n) is 8.43. The molecular weight excluding hydrogens is 355 g/mol. The van der Waals surface area contributed by atoms with Crippen molar-refractivity contribution in [1.82, 2.24) is 9.97 Å². The lowest BCUT2D eigenvalue weighted by Crippen LogP contribution is -2.45. The highest BCUT2D eigenvalue weighted by Gasteiger charge is 2.29. The summed E-state index contributed by atoms with van der Waals surface area (Å²) in [6.45, 7) is 5.08. The second-order valence-electron chi connectivity index (χ2n) is 6.77. The van der Waals surface area contributed by atoms with Crippen LogP contribution in [0.1, 0.15) is 13.8 Å². The second-order valence-corrected chi connectivity index (χ2v) is 6.77. The first-order chi connectivity index (χ1) is 12.9. The Labute approximate surface area is 155 Å². The van der Waals surface area contributed by atoms with Crippen LogP contribution in [0.25, 0.3) is 11.3 Å². The number of aromatic hydroxyl groups is 1. The van der Waals surface area contributed by atoms with Gasteiger partial charge < -0.3 is 25.2 Å². The summed E-state index contributed by atoms with van der Waals surface area (Å²) in [7, 11) is 0. The maximum atomic E-state index is 14.2. The first kappa shape index (κ1) is 19.0. The largest absolute Gasteiger partial charge is 0.506 e. The lowest BCUT2D eigenvalue weighted by Gasteiger charge is -2.36. The Kier molecular flexibility index (Phi) is 5.52. The molecule has 3 N–H and O–H groups in total. The van der Waals surface area contributed by atoms with Crippen molar-refractivity contribution in [1.29, 1.82) is 0 Å². The van der Waals surface area contributed by atoms with Gasteiger partial charge in [-0.15, -0.1) is 0 Å². The van der Waals surface area contributed by atoms with E-state index in [4.69, 9.17) is 9.47 Å². The molecule has 1 aliphatic rings. The number of halogens is 1. The number of pyridine rings is 2. The number of carbonyl (C=O) groups excluding carboxylic acids is 1. The smallest absolute Gasteiger partial charge is 0.212 e. The SMILES string of the molecule is CC1(C)COCC(CNc2nc(-c3cc(NC=O)ncc3O)ccc2F)O1. The van der Waals surface area contributed by atoms with Crippen LogP contribution >= 0.6 is 0 Å². The molecule has 0 aliphatic carbocycles. The van der Waals surface area contributed by atoms with E-state index in [2.05, 4.69) is 20.6 Å². The number of hydrogen-bond acceptors (Lipinski definition) is 7. The Morgan fingerprint density at radius 2 is 2.26 bits per heavy atom. The minimum Gasteiger partial charge on any atom is -0.506 e. The maximum absolute atomic E-state index is 14.2. The van der Waals surface area contributed by atoms with Crippen LogP contribution in [0.2, 0.25) is 0 Å². The molecule has 0 spiro atoms. The molecule has 1 saturated heterocycles. The van der Waals surface area contributed by atoms with E-state index in [0.29, 0.717) is 37.4 Å². The summed E-state index contributed by atoms with van der Waals surface area (Å²) in [5.41, 5.74) is 0.244. The summed E-state index contributed by atoms with van der Waals surface area (Å²) < 4.78 is 25.6. The van der Waals surface area contributed by atoms with Crippen molar-refractivity contribution in [3.05, 3.63) is 30.2 Å². The Morgan fingerprint density at radius 3 is 3.00 bits per heavy atom. The van der Waals surface area contributed by atoms with Gasteiger partial charge in [0.05, 0.1) is 36.8 Å². The van der Waals surface area contributed by atoms with Crippen LogP contribution in [0.5, 0.6) is 5.75 Å². The number of nitrogens with zero attached hydrogens (tertiary/aromatic N) is 2. The van der Waals surface area contributed by atoms with Gasteiger partial charge in [-0.25, -0.2) is 14.4 Å². The van der Waals surface area contributed by atoms with Crippen molar-refractivity contribution >= 4 is 18.0 Å². The second kappa shape index (κ2) is 7.85. The average molecular weight is 376 g/mol. The topological polar surface area (TPSA) is 106 Å². The highest BCUT2D eigenvalue weighted by Crippen LogP contribution is 2.30. The van der Waals surface area contributed by atoms with Gasteiger partial charge in [-0.05, 0) is 32.0 Å². The quantitative estimate of drug-likeness (QED) is 0.664. The fraction of sp³-hybridized carbons (Fsp3) is 0.389. The van der Waals surface area contributed by atoms with E-state index >= 15 is 0 Å². The van der Waals surface area contributed by atoms with Crippen LogP contribution < -0.4 is 10.6 Å². The summed E-state index contributed by atoms with van der Waals surface area (Å²) in [4.78, 5) is 18.7. The maximum Gasteiger partial charge on any atom is 0.212 e. The number of ether oxygens (including phenoxy) is 2. The van der Waals surface area contributed by atoms with Crippen molar-refractivity contribution in [2.45, 2.75) is 25.6 Å². The Morgan fingerprint density at radius 1 is 1.44 bits per heavy atom. The van der Waals surface area contributed by atoms with Gasteiger partial charge in [-0.3, -0.25) is 4.79 Å². The predicted molar refractivity (Wildman–Crippen MR) is 97.0 cm³/mol. The number of anilines is 2. The normalized spacial score (nSPS) is 18.7. The zero-order valence-corrected chi connectivity index (χ0v) is 15.0. The summed E-state index contributed by atoms with van der Waals surface area (Å²) in [6.07, 6.45) is 1.42. The van der Waals surface area contributed by atoms with Crippen molar-refractivity contribution in [2.75, 3.05) is 30.4 Å². The molecule has 1 aliphatic heterocycles. The van der Waals surface area contributed by atoms with Crippen LogP contribution in [0.3, 0.4) is 0 Å². The number of amides is 1. The zero-order valence-electron chi connectivity index (χ0n) is 15.0. The summed E-state index contributed by atoms with van der Waals surface area (Å²) in [5, 5.41) is 15.4. The van der Waals surface area contributed by atoms with E-state index in [1.54, 1.807) is 0 Å². The number of aromatic nitrogens is 2. The molecule has 0 radical (unpaired) electrons. The third-order valence-electron chi connectivity index (χ3n) is 3.95. The molecule has 2 aromatic rings. The van der Waals surface area contributed by atoms with Crippen LogP contribution in [-0.2, 0) is 14.3 Å². The third kappa shape index (κ3) is 4.69. The van der Waals surface area contributed by atoms with Gasteiger partial charge in [0, 0.05) is 12.1 Å². The Balaban J connectivity index is 1.78. The highest BCUT2D eigenvalue weighted by atomic mass is 19.1. The molecular formula is C18H21FN4O4. The number of rotatable bonds is 6. The molecule has 1 fully saturated rings. The molecule has 0 aromatic carbocycles. The molecule has 9 heteroatoms. The van der Waals surface area contributed by atoms with Gasteiger partial charge in [-0.1, -0.05) is 0 Å². The summed E-state index contributed by atoms with van der Waals surface area (Å²) in [5.74, 6) is -0.397. The predicted octanol–water partition coefficient (Wildman–Crippen LogP) is 2.16. The lowest BCUT2D eigenvalue weighted by molar-refractivity contribution is -0.177. The lowest BCUT2D eigenvalue weighted by atomic mass is 10.1. The van der Waals surface area contributed by atoms with E-state index < -0.39 is 11.4 Å². The van der Waals surface area contributed by atoms with Crippen LogP contribution in [0, 0.1) is 5.82 Å². The monoisotopic (exact) mass is 376 g/mol. The molecule has 144 valence electrons. The van der Waals surface area contributed by atoms with Crippen molar-refractivity contribution in [3.8, 4) is 17.0 Å². The number of carbonyl (C=O) groups is 1. The molecule has 1 amide bonds. The third-order valence-corrected chi connectivity index (χ3v) is 3.95. The van der Waals surface area contributed by atoms with Gasteiger partial charge in [-0.2, -0.15) is 0 Å². The van der Waals surface area contributed by atoms with E-state index in [-0.39, 0.29) is 23.5 Å². The van der Waals surface area contributed by atoms with Gasteiger partial charge in [0.1, 0.15) is 11.6 Å². The molecule has 0 saturated carbocycles. The van der Waals surface area contributed by atoms with E-state index in [0.717, 1.165) is 0 Å². The molecule has 3 rings (SSSR count). The number of hydrogen-bond donors (Lipinski definition) is 3. The summed E-state index contributed by atoms with van der Waals surface area (Å²) in [6, 6.07) is 4.14. The van der Waals surface area contributed by atoms with Crippen LogP contribution in [-0.4, -0.2) is 52.9 Å². The molecule has 8 nitrogen and oxygen atoms in total. The molecule has 0 bridgehead atoms. The fourth-order valence-corrected chi connectivity index (χ4v) is 2.78. The molecule has 1 unspecified atom stereocenters. The highest BCUT2D eigenvalue weighted by molar-refractivity contribution is 5.75. The van der Waals surface area contributed by atoms with Gasteiger partial charge >= 0.3 is 0 Å². The van der Waals surface area contributed by atoms with E-state index in [1.165, 1.54) is 24.4 Å². The van der Waals surface area contributed by atoms with Crippen molar-refractivity contribution in [2.24, 2.45) is 0 Å². The van der Waals surface area contributed by atoms with Crippen LogP contribution in [0.15, 0.2) is 24.4 Å². The molecule has 1 atom stereocenters. The van der Waals surface area contributed by atoms with Gasteiger partial charge in [0.25, 0.3) is 0 Å². The van der Waals surface area contributed by atoms with E-state index in [9.17, 15) is 14.3 Å². The Bertz CT molecular complexity index is 831. The molecule has 3 heterocycles. The van der Waals surface area contributed by atoms with Gasteiger partial charge in [0.15, 0.2) is 11.6 Å². The van der Waals surface area contributed by atoms with Crippen molar-refractivity contribution in [3.63, 3.8) is 0 Å². The van der Waals surface area contributed by atoms with Crippen molar-refractivity contribution < 1.29 is 23.8 Å². The summed E-state index contributed by atoms with van der Waals surface area (Å²) >= 11 is 0. The van der Waals surface area contributed by atoms with Crippen LogP contribution in [0.4, 0.5) is 16.0 Å². The zero-order chi connectivity index (χ0) is 19.4. The van der Waals surface area contributed by atoms with E-state index in [1.807, 2.05) is 13.8 Å². The Hall–Kier alpha value is -2.78. The standard InChI is InChI=1S/C18H21FN4O4/c1-18(2)9-26-8-11(27-18)6-21-17-13(19)3-4-14(23-17)12-5-16(22-10-24)20-7-15(12)25/h3-5,7,10-11,25H,6,8-9H2,1-2H3,(H,21,23)(H,20,22,24). The number of nitrogens with one attached hydrogen (secondary N) is 2. The minimum atomic E-state index is -0.533.